The molecule has 0 saturated carbocycles. The Morgan fingerprint density at radius 3 is 2.75 bits per heavy atom. The number of amides is 1. The fourth-order valence-corrected chi connectivity index (χ4v) is 4.58. The first-order chi connectivity index (χ1) is 15.4. The van der Waals surface area contributed by atoms with Gasteiger partial charge in [0, 0.05) is 13.3 Å². The molecule has 0 aliphatic carbocycles. The van der Waals surface area contributed by atoms with Crippen LogP contribution in [0, 0.1) is 13.8 Å². The largest absolute Gasteiger partial charge is 0.438 e. The minimum atomic E-state index is -0.330. The van der Waals surface area contributed by atoms with Crippen LogP contribution in [0.3, 0.4) is 0 Å². The van der Waals surface area contributed by atoms with Crippen LogP contribution >= 0.6 is 24.0 Å². The lowest BCUT2D eigenvalue weighted by Crippen LogP contribution is -2.31. The summed E-state index contributed by atoms with van der Waals surface area (Å²) >= 11 is 6.49. The summed E-state index contributed by atoms with van der Waals surface area (Å²) in [4.78, 5) is 32.7. The minimum absolute atomic E-state index is 0.136. The molecule has 0 bridgehead atoms. The Morgan fingerprint density at radius 2 is 2.00 bits per heavy atom. The third kappa shape index (κ3) is 4.32. The van der Waals surface area contributed by atoms with Crippen molar-refractivity contribution in [3.8, 4) is 11.6 Å². The molecule has 32 heavy (non-hydrogen) atoms. The number of fused-ring (bicyclic) bond motifs is 1. The highest BCUT2D eigenvalue weighted by atomic mass is 32.2. The van der Waals surface area contributed by atoms with Crippen molar-refractivity contribution >= 4 is 45.9 Å². The van der Waals surface area contributed by atoms with Gasteiger partial charge in [-0.15, -0.1) is 0 Å². The van der Waals surface area contributed by atoms with Crippen molar-refractivity contribution in [1.82, 2.24) is 14.3 Å². The van der Waals surface area contributed by atoms with Crippen molar-refractivity contribution in [1.29, 1.82) is 0 Å². The Labute approximate surface area is 194 Å². The molecule has 0 radical (unpaired) electrons. The number of aromatic nitrogens is 2. The highest BCUT2D eigenvalue weighted by molar-refractivity contribution is 8.26. The van der Waals surface area contributed by atoms with E-state index >= 15 is 0 Å². The lowest BCUT2D eigenvalue weighted by molar-refractivity contribution is -0.122. The number of ether oxygens (including phenoxy) is 2. The van der Waals surface area contributed by atoms with Gasteiger partial charge in [0.1, 0.15) is 21.3 Å². The average Bonchev–Trinajstić information content (AvgIpc) is 3.02. The van der Waals surface area contributed by atoms with Crippen LogP contribution in [0.1, 0.15) is 16.7 Å². The summed E-state index contributed by atoms with van der Waals surface area (Å²) in [6, 6.07) is 11.1. The van der Waals surface area contributed by atoms with Gasteiger partial charge in [-0.3, -0.25) is 18.9 Å². The Balaban J connectivity index is 1.85. The van der Waals surface area contributed by atoms with Gasteiger partial charge in [-0.05, 0) is 49.2 Å². The van der Waals surface area contributed by atoms with E-state index in [0.29, 0.717) is 33.8 Å². The summed E-state index contributed by atoms with van der Waals surface area (Å²) in [5.41, 5.74) is 2.18. The van der Waals surface area contributed by atoms with Crippen molar-refractivity contribution in [2.24, 2.45) is 0 Å². The van der Waals surface area contributed by atoms with E-state index < -0.39 is 0 Å². The van der Waals surface area contributed by atoms with Gasteiger partial charge in [0.2, 0.25) is 5.88 Å². The lowest BCUT2D eigenvalue weighted by atomic mass is 10.2. The minimum Gasteiger partial charge on any atom is -0.438 e. The molecular weight excluding hydrogens is 446 g/mol. The number of aryl methyl sites for hydroxylation is 2. The highest BCUT2D eigenvalue weighted by Gasteiger charge is 2.32. The number of thiocarbonyl (C=S) groups is 1. The molecule has 9 heteroatoms. The van der Waals surface area contributed by atoms with E-state index in [0.717, 1.165) is 22.9 Å². The second-order valence-corrected chi connectivity index (χ2v) is 8.94. The molecule has 2 aromatic heterocycles. The molecule has 0 N–H and O–H groups in total. The number of carbonyl (C=O) groups is 1. The maximum atomic E-state index is 13.4. The van der Waals surface area contributed by atoms with Crippen molar-refractivity contribution in [2.45, 2.75) is 13.8 Å². The fraction of sp³-hybridized carbons (Fsp3) is 0.217. The number of benzene rings is 1. The number of hydrogen-bond acceptors (Lipinski definition) is 7. The maximum Gasteiger partial charge on any atom is 0.269 e. The number of thioether (sulfide) groups is 1. The summed E-state index contributed by atoms with van der Waals surface area (Å²) in [6.45, 7) is 4.53. The van der Waals surface area contributed by atoms with Crippen LogP contribution in [0.4, 0.5) is 0 Å². The summed E-state index contributed by atoms with van der Waals surface area (Å²) < 4.78 is 13.0. The number of rotatable bonds is 6. The van der Waals surface area contributed by atoms with Crippen LogP contribution in [-0.2, 0) is 9.53 Å². The summed E-state index contributed by atoms with van der Waals surface area (Å²) in [5.74, 6) is 0.418. The SMILES string of the molecule is COCCN1C(=O)/C(=C\c2c(Oc3cccc(C)c3)nc3c(C)cccn3c2=O)SC1=S. The number of carbonyl (C=O) groups excluding carboxylic acids is 1. The second-order valence-electron chi connectivity index (χ2n) is 7.27. The van der Waals surface area contributed by atoms with Crippen LogP contribution in [0.5, 0.6) is 11.6 Å². The average molecular weight is 468 g/mol. The predicted octanol–water partition coefficient (Wildman–Crippen LogP) is 3.95. The van der Waals surface area contributed by atoms with Gasteiger partial charge in [-0.2, -0.15) is 4.98 Å². The van der Waals surface area contributed by atoms with Gasteiger partial charge in [-0.25, -0.2) is 0 Å². The normalized spacial score (nSPS) is 15.2. The van der Waals surface area contributed by atoms with Crippen molar-refractivity contribution in [3.05, 3.63) is 74.5 Å². The van der Waals surface area contributed by atoms with Crippen LogP contribution in [-0.4, -0.2) is 44.8 Å². The maximum absolute atomic E-state index is 13.4. The van der Waals surface area contributed by atoms with Gasteiger partial charge in [0.25, 0.3) is 11.5 Å². The number of methoxy groups -OCH3 is 1. The third-order valence-electron chi connectivity index (χ3n) is 4.92. The molecule has 0 unspecified atom stereocenters. The van der Waals surface area contributed by atoms with E-state index in [1.165, 1.54) is 15.4 Å². The smallest absolute Gasteiger partial charge is 0.269 e. The van der Waals surface area contributed by atoms with Crippen LogP contribution < -0.4 is 10.3 Å². The first kappa shape index (κ1) is 22.2. The quantitative estimate of drug-likeness (QED) is 0.401. The van der Waals surface area contributed by atoms with Gasteiger partial charge in [0.15, 0.2) is 0 Å². The van der Waals surface area contributed by atoms with E-state index in [-0.39, 0.29) is 22.9 Å². The molecule has 1 fully saturated rings. The van der Waals surface area contributed by atoms with Crippen LogP contribution in [0.25, 0.3) is 11.7 Å². The zero-order valence-corrected chi connectivity index (χ0v) is 19.5. The van der Waals surface area contributed by atoms with Gasteiger partial charge >= 0.3 is 0 Å². The lowest BCUT2D eigenvalue weighted by Gasteiger charge is -2.13. The van der Waals surface area contributed by atoms with Crippen LogP contribution in [0.15, 0.2) is 52.3 Å². The molecule has 1 aromatic carbocycles. The number of nitrogens with zero attached hydrogens (tertiary/aromatic N) is 3. The molecule has 1 saturated heterocycles. The van der Waals surface area contributed by atoms with E-state index in [1.807, 2.05) is 38.1 Å². The zero-order valence-electron chi connectivity index (χ0n) is 17.8. The molecule has 164 valence electrons. The molecule has 1 amide bonds. The Hall–Kier alpha value is -3.01. The molecule has 7 nitrogen and oxygen atoms in total. The second kappa shape index (κ2) is 9.23. The summed E-state index contributed by atoms with van der Waals surface area (Å²) in [6.07, 6.45) is 3.16. The van der Waals surface area contributed by atoms with E-state index in [1.54, 1.807) is 25.4 Å². The Kier molecular flexibility index (Phi) is 6.40. The molecule has 0 spiro atoms. The molecule has 1 aliphatic rings. The third-order valence-corrected chi connectivity index (χ3v) is 6.30. The van der Waals surface area contributed by atoms with E-state index in [9.17, 15) is 9.59 Å². The molecule has 3 aromatic rings. The van der Waals surface area contributed by atoms with Crippen molar-refractivity contribution in [3.63, 3.8) is 0 Å². The van der Waals surface area contributed by atoms with E-state index in [2.05, 4.69) is 4.98 Å². The van der Waals surface area contributed by atoms with Crippen LogP contribution in [0.2, 0.25) is 0 Å². The zero-order chi connectivity index (χ0) is 22.8. The molecular formula is C23H21N3O4S2. The Morgan fingerprint density at radius 1 is 1.19 bits per heavy atom. The van der Waals surface area contributed by atoms with Gasteiger partial charge < -0.3 is 9.47 Å². The topological polar surface area (TPSA) is 73.1 Å². The van der Waals surface area contributed by atoms with Gasteiger partial charge in [-0.1, -0.05) is 42.2 Å². The first-order valence-electron chi connectivity index (χ1n) is 9.90. The summed E-state index contributed by atoms with van der Waals surface area (Å²) in [7, 11) is 1.56. The first-order valence-corrected chi connectivity index (χ1v) is 11.1. The number of pyridine rings is 1. The summed E-state index contributed by atoms with van der Waals surface area (Å²) in [5, 5.41) is 0. The van der Waals surface area contributed by atoms with Crippen molar-refractivity contribution < 1.29 is 14.3 Å². The standard InChI is InChI=1S/C23H21N3O4S2/c1-14-6-4-8-16(12-14)30-20-17(21(27)25-9-5-7-15(2)19(25)24-20)13-18-22(28)26(10-11-29-3)23(31)32-18/h4-9,12-13H,10-11H2,1-3H3/b18-13+. The molecule has 3 heterocycles. The number of hydrogen-bond donors (Lipinski definition) is 0. The highest BCUT2D eigenvalue weighted by Crippen LogP contribution is 2.34. The van der Waals surface area contributed by atoms with Gasteiger partial charge in [0.05, 0.1) is 18.1 Å². The molecule has 1 aliphatic heterocycles. The predicted molar refractivity (Wildman–Crippen MR) is 129 cm³/mol. The molecule has 0 atom stereocenters. The van der Waals surface area contributed by atoms with Crippen molar-refractivity contribution in [2.75, 3.05) is 20.3 Å². The Bertz CT molecular complexity index is 1320. The monoisotopic (exact) mass is 467 g/mol. The fourth-order valence-electron chi connectivity index (χ4n) is 3.29. The molecule has 4 rings (SSSR count). The van der Waals surface area contributed by atoms with E-state index in [4.69, 9.17) is 21.7 Å².